The van der Waals surface area contributed by atoms with Gasteiger partial charge in [0.25, 0.3) is 0 Å². The maximum Gasteiger partial charge on any atom is 0.407 e. The van der Waals surface area contributed by atoms with Crippen LogP contribution in [-0.2, 0) is 16.2 Å². The van der Waals surface area contributed by atoms with E-state index in [0.717, 1.165) is 10.3 Å². The van der Waals surface area contributed by atoms with Gasteiger partial charge in [-0.1, -0.05) is 48.9 Å². The molecule has 0 aliphatic heterocycles. The van der Waals surface area contributed by atoms with Crippen LogP contribution in [0.15, 0.2) is 42.5 Å². The smallest absolute Gasteiger partial charge is 0.407 e. The van der Waals surface area contributed by atoms with Crippen molar-refractivity contribution in [3.63, 3.8) is 0 Å². The second-order valence-electron chi connectivity index (χ2n) is 5.68. The lowest BCUT2D eigenvalue weighted by Gasteiger charge is -2.24. The van der Waals surface area contributed by atoms with Crippen LogP contribution in [0.4, 0.5) is 4.79 Å². The van der Waals surface area contributed by atoms with Gasteiger partial charge in [-0.2, -0.15) is 4.89 Å². The summed E-state index contributed by atoms with van der Waals surface area (Å²) in [5.74, 6) is -0.610. The lowest BCUT2D eigenvalue weighted by atomic mass is 10.1. The third-order valence-corrected chi connectivity index (χ3v) is 3.85. The fourth-order valence-electron chi connectivity index (χ4n) is 2.37. The standard InChI is InChI=1S/C18H24N2O6/c1-3-14(19-18(23)24-12-13-8-6-5-7-9-13)15(4-2)25-26-20-16(21)10-11-17(20)22/h5-11,14-15,21-22H,3-4,12H2,1-2H3,(H,19,23). The highest BCUT2D eigenvalue weighted by atomic mass is 17.3. The number of hydrogen-bond acceptors (Lipinski definition) is 6. The molecule has 2 unspecified atom stereocenters. The summed E-state index contributed by atoms with van der Waals surface area (Å²) in [6, 6.07) is 11.5. The molecule has 0 saturated carbocycles. The number of alkyl carbamates (subject to hydrolysis) is 1. The molecule has 1 aromatic carbocycles. The van der Waals surface area contributed by atoms with Crippen LogP contribution < -0.4 is 10.3 Å². The number of rotatable bonds is 9. The van der Waals surface area contributed by atoms with Gasteiger partial charge in [0.1, 0.15) is 12.7 Å². The van der Waals surface area contributed by atoms with Gasteiger partial charge >= 0.3 is 6.09 Å². The Morgan fingerprint density at radius 1 is 1.08 bits per heavy atom. The van der Waals surface area contributed by atoms with Crippen molar-refractivity contribution in [3.05, 3.63) is 48.0 Å². The van der Waals surface area contributed by atoms with Gasteiger partial charge < -0.3 is 20.3 Å². The third-order valence-electron chi connectivity index (χ3n) is 3.85. The molecule has 26 heavy (non-hydrogen) atoms. The van der Waals surface area contributed by atoms with Crippen LogP contribution in [0.1, 0.15) is 32.3 Å². The summed E-state index contributed by atoms with van der Waals surface area (Å²) in [6.45, 7) is 3.92. The van der Waals surface area contributed by atoms with E-state index in [9.17, 15) is 15.0 Å². The summed E-state index contributed by atoms with van der Waals surface area (Å²) in [4.78, 5) is 22.3. The van der Waals surface area contributed by atoms with Crippen molar-refractivity contribution in [2.24, 2.45) is 0 Å². The first kappa shape index (κ1) is 19.5. The molecule has 142 valence electrons. The zero-order valence-corrected chi connectivity index (χ0v) is 14.8. The normalized spacial score (nSPS) is 13.0. The summed E-state index contributed by atoms with van der Waals surface area (Å²) in [5.41, 5.74) is 0.890. The highest BCUT2D eigenvalue weighted by Gasteiger charge is 2.24. The second-order valence-corrected chi connectivity index (χ2v) is 5.68. The molecule has 0 fully saturated rings. The Balaban J connectivity index is 1.86. The lowest BCUT2D eigenvalue weighted by Crippen LogP contribution is -2.45. The molecule has 0 saturated heterocycles. The van der Waals surface area contributed by atoms with E-state index in [2.05, 4.69) is 5.32 Å². The molecule has 0 aliphatic carbocycles. The van der Waals surface area contributed by atoms with Gasteiger partial charge in [0.2, 0.25) is 11.8 Å². The summed E-state index contributed by atoms with van der Waals surface area (Å²) >= 11 is 0. The first-order chi connectivity index (χ1) is 12.5. The minimum absolute atomic E-state index is 0.169. The van der Waals surface area contributed by atoms with Gasteiger partial charge in [0.05, 0.1) is 6.04 Å². The van der Waals surface area contributed by atoms with Gasteiger partial charge in [-0.15, -0.1) is 0 Å². The Hall–Kier alpha value is -2.87. The van der Waals surface area contributed by atoms with Gasteiger partial charge in [-0.05, 0) is 18.4 Å². The van der Waals surface area contributed by atoms with Gasteiger partial charge in [0.15, 0.2) is 0 Å². The van der Waals surface area contributed by atoms with Crippen LogP contribution in [0, 0.1) is 0 Å². The molecule has 2 rings (SSSR count). The van der Waals surface area contributed by atoms with Crippen molar-refractivity contribution in [1.29, 1.82) is 0 Å². The van der Waals surface area contributed by atoms with Crippen molar-refractivity contribution in [2.75, 3.05) is 0 Å². The summed E-state index contributed by atoms with van der Waals surface area (Å²) in [7, 11) is 0. The van der Waals surface area contributed by atoms with Crippen LogP contribution in [0.5, 0.6) is 11.8 Å². The molecule has 2 aromatic rings. The zero-order valence-electron chi connectivity index (χ0n) is 14.8. The van der Waals surface area contributed by atoms with E-state index in [1.54, 1.807) is 0 Å². The molecule has 1 heterocycles. The minimum Gasteiger partial charge on any atom is -0.492 e. The van der Waals surface area contributed by atoms with Crippen LogP contribution >= 0.6 is 0 Å². The second kappa shape index (κ2) is 9.57. The summed E-state index contributed by atoms with van der Waals surface area (Å²) < 4.78 is 5.95. The van der Waals surface area contributed by atoms with E-state index in [1.807, 2.05) is 44.2 Å². The Bertz CT molecular complexity index is 669. The van der Waals surface area contributed by atoms with Crippen molar-refractivity contribution in [2.45, 2.75) is 45.4 Å². The molecule has 8 nitrogen and oxygen atoms in total. The molecule has 0 bridgehead atoms. The van der Waals surface area contributed by atoms with E-state index in [-0.39, 0.29) is 24.4 Å². The minimum atomic E-state index is -0.561. The molecule has 1 amide bonds. The first-order valence-corrected chi connectivity index (χ1v) is 8.45. The Morgan fingerprint density at radius 3 is 2.31 bits per heavy atom. The molecule has 2 atom stereocenters. The number of benzene rings is 1. The van der Waals surface area contributed by atoms with Crippen molar-refractivity contribution < 1.29 is 29.6 Å². The fraction of sp³-hybridized carbons (Fsp3) is 0.389. The largest absolute Gasteiger partial charge is 0.492 e. The van der Waals surface area contributed by atoms with E-state index in [4.69, 9.17) is 14.6 Å². The summed E-state index contributed by atoms with van der Waals surface area (Å²) in [6.07, 6.45) is 0.0338. The number of carbonyl (C=O) groups is 1. The van der Waals surface area contributed by atoms with Crippen LogP contribution in [0.2, 0.25) is 0 Å². The quantitative estimate of drug-likeness (QED) is 0.467. The van der Waals surface area contributed by atoms with E-state index in [0.29, 0.717) is 12.8 Å². The predicted molar refractivity (Wildman–Crippen MR) is 93.3 cm³/mol. The van der Waals surface area contributed by atoms with Crippen LogP contribution in [0.3, 0.4) is 0 Å². The zero-order chi connectivity index (χ0) is 18.9. The van der Waals surface area contributed by atoms with E-state index in [1.165, 1.54) is 12.1 Å². The summed E-state index contributed by atoms with van der Waals surface area (Å²) in [5, 5.41) is 21.8. The number of aromatic nitrogens is 1. The molecule has 3 N–H and O–H groups in total. The van der Waals surface area contributed by atoms with Crippen LogP contribution in [-0.4, -0.2) is 33.2 Å². The van der Waals surface area contributed by atoms with E-state index < -0.39 is 12.2 Å². The SMILES string of the molecule is CCC(NC(=O)OCc1ccccc1)C(CC)OOn1c(O)ccc1O. The van der Waals surface area contributed by atoms with Crippen molar-refractivity contribution in [3.8, 4) is 11.8 Å². The molecular weight excluding hydrogens is 340 g/mol. The fourth-order valence-corrected chi connectivity index (χ4v) is 2.37. The topological polar surface area (TPSA) is 102 Å². The Kier molecular flexibility index (Phi) is 7.16. The molecular formula is C18H24N2O6. The number of ether oxygens (including phenoxy) is 1. The highest BCUT2D eigenvalue weighted by molar-refractivity contribution is 5.67. The maximum atomic E-state index is 12.0. The number of hydrogen-bond donors (Lipinski definition) is 3. The van der Waals surface area contributed by atoms with Crippen molar-refractivity contribution >= 4 is 6.09 Å². The van der Waals surface area contributed by atoms with Crippen molar-refractivity contribution in [1.82, 2.24) is 10.0 Å². The van der Waals surface area contributed by atoms with E-state index >= 15 is 0 Å². The number of carbonyl (C=O) groups excluding carboxylic acids is 1. The number of amides is 1. The lowest BCUT2D eigenvalue weighted by molar-refractivity contribution is -0.330. The number of nitrogens with one attached hydrogen (secondary N) is 1. The number of nitrogens with zero attached hydrogens (tertiary/aromatic N) is 1. The highest BCUT2D eigenvalue weighted by Crippen LogP contribution is 2.19. The number of aromatic hydroxyl groups is 2. The average molecular weight is 364 g/mol. The monoisotopic (exact) mass is 364 g/mol. The van der Waals surface area contributed by atoms with Crippen LogP contribution in [0.25, 0.3) is 0 Å². The predicted octanol–water partition coefficient (Wildman–Crippen LogP) is 2.74. The Morgan fingerprint density at radius 2 is 1.73 bits per heavy atom. The average Bonchev–Trinajstić information content (AvgIpc) is 2.98. The molecule has 8 heteroatoms. The van der Waals surface area contributed by atoms with Gasteiger partial charge in [0, 0.05) is 12.1 Å². The molecule has 0 spiro atoms. The molecule has 1 aromatic heterocycles. The maximum absolute atomic E-state index is 12.0. The molecule has 0 aliphatic rings. The molecule has 0 radical (unpaired) electrons. The Labute approximate surface area is 151 Å². The third kappa shape index (κ3) is 5.32. The van der Waals surface area contributed by atoms with Gasteiger partial charge in [-0.3, -0.25) is 0 Å². The van der Waals surface area contributed by atoms with Gasteiger partial charge in [-0.25, -0.2) is 9.78 Å². The first-order valence-electron chi connectivity index (χ1n) is 8.45.